The van der Waals surface area contributed by atoms with Crippen molar-refractivity contribution in [3.05, 3.63) is 11.6 Å². The summed E-state index contributed by atoms with van der Waals surface area (Å²) in [6.45, 7) is 19.1. The molecule has 0 aromatic carbocycles. The maximum Gasteiger partial charge on any atom is 0.308 e. The van der Waals surface area contributed by atoms with Gasteiger partial charge < -0.3 is 4.74 Å². The van der Waals surface area contributed by atoms with Crippen LogP contribution in [0.2, 0.25) is 0 Å². The SMILES string of the molecule is CC(C)CCCC(C)(C)[C@H]1CCC2[C@@H]3CC=C4C[C@@H](OC(=O)C(C)C)CC[C@]4(C)[C@H]3CC[C@@]21C. The maximum absolute atomic E-state index is 12.2. The Morgan fingerprint density at radius 3 is 2.47 bits per heavy atom. The summed E-state index contributed by atoms with van der Waals surface area (Å²) in [5.74, 6) is 4.23. The molecule has 0 bridgehead atoms. The van der Waals surface area contributed by atoms with Crippen LogP contribution in [0.1, 0.15) is 126 Å². The molecule has 0 radical (unpaired) electrons. The largest absolute Gasteiger partial charge is 0.462 e. The van der Waals surface area contributed by atoms with Crippen molar-refractivity contribution in [1.82, 2.24) is 0 Å². The van der Waals surface area contributed by atoms with Crippen molar-refractivity contribution < 1.29 is 9.53 Å². The second-order valence-corrected chi connectivity index (χ2v) is 14.7. The highest BCUT2D eigenvalue weighted by Gasteiger charge is 2.60. The lowest BCUT2D eigenvalue weighted by Gasteiger charge is -2.59. The van der Waals surface area contributed by atoms with Gasteiger partial charge in [-0.3, -0.25) is 4.79 Å². The molecule has 0 aromatic rings. The lowest BCUT2D eigenvalue weighted by atomic mass is 9.46. The van der Waals surface area contributed by atoms with Crippen LogP contribution in [0, 0.1) is 51.8 Å². The zero-order valence-electron chi connectivity index (χ0n) is 23.7. The van der Waals surface area contributed by atoms with Gasteiger partial charge in [0.15, 0.2) is 0 Å². The summed E-state index contributed by atoms with van der Waals surface area (Å²) in [4.78, 5) is 12.2. The molecule has 2 nitrogen and oxygen atoms in total. The van der Waals surface area contributed by atoms with Crippen LogP contribution < -0.4 is 0 Å². The Morgan fingerprint density at radius 1 is 1.06 bits per heavy atom. The van der Waals surface area contributed by atoms with Crippen molar-refractivity contribution in [2.75, 3.05) is 0 Å². The number of fused-ring (bicyclic) bond motifs is 5. The Bertz CT molecular complexity index is 776. The van der Waals surface area contributed by atoms with E-state index in [1.54, 1.807) is 5.57 Å². The van der Waals surface area contributed by atoms with Gasteiger partial charge in [-0.05, 0) is 97.2 Å². The molecule has 0 heterocycles. The molecule has 4 rings (SSSR count). The third kappa shape index (κ3) is 4.66. The Hall–Kier alpha value is -0.790. The number of esters is 1. The second-order valence-electron chi connectivity index (χ2n) is 14.7. The summed E-state index contributed by atoms with van der Waals surface area (Å²) in [6.07, 6.45) is 17.1. The highest BCUT2D eigenvalue weighted by Crippen LogP contribution is 2.68. The molecule has 3 saturated carbocycles. The van der Waals surface area contributed by atoms with E-state index in [1.807, 2.05) is 13.8 Å². The predicted octanol–water partition coefficient (Wildman–Crippen LogP) is 8.99. The molecule has 3 fully saturated rings. The van der Waals surface area contributed by atoms with Crippen LogP contribution in [0.5, 0.6) is 0 Å². The highest BCUT2D eigenvalue weighted by molar-refractivity contribution is 5.71. The fourth-order valence-electron chi connectivity index (χ4n) is 9.45. The van der Waals surface area contributed by atoms with Crippen LogP contribution in [-0.2, 0) is 9.53 Å². The molecular formula is C32H54O2. The number of carbonyl (C=O) groups excluding carboxylic acids is 1. The Kier molecular flexibility index (Phi) is 7.41. The van der Waals surface area contributed by atoms with Crippen LogP contribution in [0.4, 0.5) is 0 Å². The molecule has 0 N–H and O–H groups in total. The number of hydrogen-bond acceptors (Lipinski definition) is 2. The molecule has 34 heavy (non-hydrogen) atoms. The van der Waals surface area contributed by atoms with Gasteiger partial charge in [0.1, 0.15) is 6.10 Å². The van der Waals surface area contributed by atoms with Gasteiger partial charge in [-0.25, -0.2) is 0 Å². The van der Waals surface area contributed by atoms with E-state index in [0.717, 1.165) is 42.4 Å². The van der Waals surface area contributed by atoms with E-state index >= 15 is 0 Å². The van der Waals surface area contributed by atoms with Crippen LogP contribution in [0.15, 0.2) is 11.6 Å². The van der Waals surface area contributed by atoms with Crippen molar-refractivity contribution in [1.29, 1.82) is 0 Å². The minimum atomic E-state index is -0.0287. The smallest absolute Gasteiger partial charge is 0.308 e. The number of rotatable bonds is 7. The van der Waals surface area contributed by atoms with Crippen molar-refractivity contribution >= 4 is 5.97 Å². The van der Waals surface area contributed by atoms with Gasteiger partial charge in [0.25, 0.3) is 0 Å². The Morgan fingerprint density at radius 2 is 1.79 bits per heavy atom. The first-order chi connectivity index (χ1) is 15.9. The molecule has 1 unspecified atom stereocenters. The standard InChI is InChI=1S/C32H54O2/c1-21(2)10-9-17-30(5,6)28-14-13-26-25-12-11-23-20-24(34-29(33)22(3)4)15-18-31(23,7)27(25)16-19-32(26,28)8/h11,21-22,24-28H,9-10,12-20H2,1-8H3/t24-,25-,26?,27-,28+,31-,32-/m0/s1. The normalized spacial score (nSPS) is 39.9. The average Bonchev–Trinajstić information content (AvgIpc) is 3.11. The quantitative estimate of drug-likeness (QED) is 0.274. The van der Waals surface area contributed by atoms with E-state index in [1.165, 1.54) is 57.8 Å². The summed E-state index contributed by atoms with van der Waals surface area (Å²) >= 11 is 0. The van der Waals surface area contributed by atoms with Gasteiger partial charge in [0, 0.05) is 6.42 Å². The van der Waals surface area contributed by atoms with Gasteiger partial charge in [-0.15, -0.1) is 0 Å². The summed E-state index contributed by atoms with van der Waals surface area (Å²) in [5, 5.41) is 0. The number of carbonyl (C=O) groups is 1. The van der Waals surface area contributed by atoms with Crippen molar-refractivity contribution in [2.24, 2.45) is 51.8 Å². The summed E-state index contributed by atoms with van der Waals surface area (Å²) < 4.78 is 5.89. The fraction of sp³-hybridized carbons (Fsp3) is 0.906. The lowest BCUT2D eigenvalue weighted by molar-refractivity contribution is -0.155. The minimum absolute atomic E-state index is 0.0238. The van der Waals surface area contributed by atoms with Gasteiger partial charge in [-0.2, -0.15) is 0 Å². The molecule has 194 valence electrons. The van der Waals surface area contributed by atoms with Crippen LogP contribution in [-0.4, -0.2) is 12.1 Å². The summed E-state index contributed by atoms with van der Waals surface area (Å²) in [6, 6.07) is 0. The van der Waals surface area contributed by atoms with E-state index in [-0.39, 0.29) is 18.0 Å². The first-order valence-corrected chi connectivity index (χ1v) is 14.8. The fourth-order valence-corrected chi connectivity index (χ4v) is 9.45. The lowest BCUT2D eigenvalue weighted by Crippen LogP contribution is -2.51. The number of ether oxygens (including phenoxy) is 1. The molecule has 4 aliphatic rings. The third-order valence-corrected chi connectivity index (χ3v) is 11.4. The topological polar surface area (TPSA) is 26.3 Å². The van der Waals surface area contributed by atoms with E-state index in [0.29, 0.717) is 16.2 Å². The molecule has 0 amide bonds. The summed E-state index contributed by atoms with van der Waals surface area (Å²) in [7, 11) is 0. The number of allylic oxidation sites excluding steroid dienone is 1. The Balaban J connectivity index is 1.48. The average molecular weight is 471 g/mol. The second kappa shape index (κ2) is 9.59. The van der Waals surface area contributed by atoms with Crippen molar-refractivity contribution in [2.45, 2.75) is 132 Å². The zero-order valence-corrected chi connectivity index (χ0v) is 23.7. The molecule has 0 aliphatic heterocycles. The molecular weight excluding hydrogens is 416 g/mol. The number of hydrogen-bond donors (Lipinski definition) is 0. The van der Waals surface area contributed by atoms with Crippen molar-refractivity contribution in [3.63, 3.8) is 0 Å². The molecule has 0 spiro atoms. The van der Waals surface area contributed by atoms with E-state index in [2.05, 4.69) is 47.6 Å². The van der Waals surface area contributed by atoms with Crippen LogP contribution in [0.3, 0.4) is 0 Å². The predicted molar refractivity (Wildman–Crippen MR) is 142 cm³/mol. The molecule has 7 atom stereocenters. The highest BCUT2D eigenvalue weighted by atomic mass is 16.5. The van der Waals surface area contributed by atoms with Gasteiger partial charge >= 0.3 is 5.97 Å². The molecule has 2 heteroatoms. The van der Waals surface area contributed by atoms with Crippen molar-refractivity contribution in [3.8, 4) is 0 Å². The first kappa shape index (κ1) is 26.3. The van der Waals surface area contributed by atoms with Crippen LogP contribution in [0.25, 0.3) is 0 Å². The van der Waals surface area contributed by atoms with E-state index < -0.39 is 0 Å². The van der Waals surface area contributed by atoms with E-state index in [4.69, 9.17) is 4.74 Å². The summed E-state index contributed by atoms with van der Waals surface area (Å²) in [5.41, 5.74) is 2.93. The molecule has 4 aliphatic carbocycles. The molecule has 0 aromatic heterocycles. The van der Waals surface area contributed by atoms with Crippen LogP contribution >= 0.6 is 0 Å². The molecule has 0 saturated heterocycles. The third-order valence-electron chi connectivity index (χ3n) is 11.4. The Labute approximate surface area is 211 Å². The van der Waals surface area contributed by atoms with Gasteiger partial charge in [0.2, 0.25) is 0 Å². The first-order valence-electron chi connectivity index (χ1n) is 14.8. The van der Waals surface area contributed by atoms with Gasteiger partial charge in [-0.1, -0.05) is 79.9 Å². The zero-order chi connectivity index (χ0) is 24.9. The monoisotopic (exact) mass is 470 g/mol. The van der Waals surface area contributed by atoms with Gasteiger partial charge in [0.05, 0.1) is 5.92 Å². The van der Waals surface area contributed by atoms with E-state index in [9.17, 15) is 4.79 Å². The minimum Gasteiger partial charge on any atom is -0.462 e. The maximum atomic E-state index is 12.2.